The Morgan fingerprint density at radius 1 is 1.00 bits per heavy atom. The second kappa shape index (κ2) is 10.2. The predicted octanol–water partition coefficient (Wildman–Crippen LogP) is 3.56. The van der Waals surface area contributed by atoms with Crippen LogP contribution in [0.1, 0.15) is 22.8 Å². The number of carbonyl (C=O) groups excluding carboxylic acids is 2. The molecule has 0 saturated carbocycles. The highest BCUT2D eigenvalue weighted by atomic mass is 35.5. The van der Waals surface area contributed by atoms with Gasteiger partial charge in [0.2, 0.25) is 5.91 Å². The fourth-order valence-corrected chi connectivity index (χ4v) is 4.64. The van der Waals surface area contributed by atoms with E-state index in [0.717, 1.165) is 12.1 Å². The van der Waals surface area contributed by atoms with Crippen LogP contribution in [0.2, 0.25) is 5.02 Å². The first kappa shape index (κ1) is 22.4. The van der Waals surface area contributed by atoms with E-state index in [-0.39, 0.29) is 17.6 Å². The Hall–Kier alpha value is -2.84. The summed E-state index contributed by atoms with van der Waals surface area (Å²) in [5.41, 5.74) is 2.84. The zero-order valence-electron chi connectivity index (χ0n) is 17.8. The minimum Gasteiger partial charge on any atom is -0.338 e. The van der Waals surface area contributed by atoms with E-state index in [1.165, 1.54) is 17.3 Å². The fourth-order valence-electron chi connectivity index (χ4n) is 3.68. The molecule has 0 atom stereocenters. The van der Waals surface area contributed by atoms with E-state index in [1.807, 2.05) is 22.8 Å². The van der Waals surface area contributed by atoms with E-state index in [0.29, 0.717) is 41.9 Å². The lowest BCUT2D eigenvalue weighted by atomic mass is 10.1. The Labute approximate surface area is 196 Å². The SMILES string of the molecule is CCc1ccccc1-n1cnnc1SCC(=O)N1CCN(C(=O)c2ccc(Cl)cc2)CC1. The Morgan fingerprint density at radius 3 is 2.41 bits per heavy atom. The van der Waals surface area contributed by atoms with Crippen LogP contribution in [0, 0.1) is 0 Å². The molecule has 32 heavy (non-hydrogen) atoms. The lowest BCUT2D eigenvalue weighted by Crippen LogP contribution is -2.51. The lowest BCUT2D eigenvalue weighted by Gasteiger charge is -2.34. The number of aryl methyl sites for hydroxylation is 1. The van der Waals surface area contributed by atoms with Crippen LogP contribution in [0.5, 0.6) is 0 Å². The summed E-state index contributed by atoms with van der Waals surface area (Å²) in [5.74, 6) is 0.274. The highest BCUT2D eigenvalue weighted by molar-refractivity contribution is 7.99. The number of para-hydroxylation sites is 1. The van der Waals surface area contributed by atoms with Crippen molar-refractivity contribution < 1.29 is 9.59 Å². The molecule has 0 radical (unpaired) electrons. The number of hydrogen-bond donors (Lipinski definition) is 0. The van der Waals surface area contributed by atoms with Crippen LogP contribution >= 0.6 is 23.4 Å². The molecule has 166 valence electrons. The molecule has 4 rings (SSSR count). The van der Waals surface area contributed by atoms with Crippen molar-refractivity contribution in [2.75, 3.05) is 31.9 Å². The van der Waals surface area contributed by atoms with Crippen LogP contribution < -0.4 is 0 Å². The van der Waals surface area contributed by atoms with E-state index in [9.17, 15) is 9.59 Å². The van der Waals surface area contributed by atoms with Crippen LogP contribution in [0.4, 0.5) is 0 Å². The maximum Gasteiger partial charge on any atom is 0.253 e. The van der Waals surface area contributed by atoms with Crippen molar-refractivity contribution in [3.8, 4) is 5.69 Å². The summed E-state index contributed by atoms with van der Waals surface area (Å²) >= 11 is 7.28. The second-order valence-corrected chi connectivity index (χ2v) is 8.81. The normalized spacial score (nSPS) is 13.9. The predicted molar refractivity (Wildman–Crippen MR) is 125 cm³/mol. The van der Waals surface area contributed by atoms with Crippen molar-refractivity contribution in [1.82, 2.24) is 24.6 Å². The number of aromatic nitrogens is 3. The van der Waals surface area contributed by atoms with E-state index in [4.69, 9.17) is 11.6 Å². The number of rotatable bonds is 6. The van der Waals surface area contributed by atoms with Crippen LogP contribution in [0.25, 0.3) is 5.69 Å². The van der Waals surface area contributed by atoms with Gasteiger partial charge in [0.05, 0.1) is 11.4 Å². The van der Waals surface area contributed by atoms with Crippen molar-refractivity contribution >= 4 is 35.2 Å². The number of halogens is 1. The molecule has 0 unspecified atom stereocenters. The summed E-state index contributed by atoms with van der Waals surface area (Å²) < 4.78 is 1.93. The van der Waals surface area contributed by atoms with Gasteiger partial charge in [-0.2, -0.15) is 0 Å². The number of nitrogens with zero attached hydrogens (tertiary/aromatic N) is 5. The van der Waals surface area contributed by atoms with Crippen molar-refractivity contribution in [3.63, 3.8) is 0 Å². The Bertz CT molecular complexity index is 1090. The molecule has 0 spiro atoms. The number of thioether (sulfide) groups is 1. The van der Waals surface area contributed by atoms with E-state index >= 15 is 0 Å². The molecule has 2 amide bonds. The van der Waals surface area contributed by atoms with E-state index in [2.05, 4.69) is 23.2 Å². The van der Waals surface area contributed by atoms with Crippen LogP contribution in [0.3, 0.4) is 0 Å². The van der Waals surface area contributed by atoms with Gasteiger partial charge in [0.15, 0.2) is 5.16 Å². The smallest absolute Gasteiger partial charge is 0.253 e. The molecule has 1 fully saturated rings. The van der Waals surface area contributed by atoms with Gasteiger partial charge in [-0.15, -0.1) is 10.2 Å². The zero-order valence-corrected chi connectivity index (χ0v) is 19.3. The van der Waals surface area contributed by atoms with Crippen LogP contribution in [-0.4, -0.2) is 68.3 Å². The molecule has 1 aliphatic rings. The van der Waals surface area contributed by atoms with Gasteiger partial charge in [-0.3, -0.25) is 14.2 Å². The summed E-state index contributed by atoms with van der Waals surface area (Å²) in [6.45, 7) is 4.17. The van der Waals surface area contributed by atoms with Crippen LogP contribution in [-0.2, 0) is 11.2 Å². The van der Waals surface area contributed by atoms with Gasteiger partial charge < -0.3 is 9.80 Å². The molecule has 1 aliphatic heterocycles. The van der Waals surface area contributed by atoms with E-state index in [1.54, 1.807) is 40.4 Å². The molecule has 0 aliphatic carbocycles. The quantitative estimate of drug-likeness (QED) is 0.516. The average molecular weight is 470 g/mol. The minimum atomic E-state index is -0.0363. The van der Waals surface area contributed by atoms with Crippen LogP contribution in [0.15, 0.2) is 60.0 Å². The lowest BCUT2D eigenvalue weighted by molar-refractivity contribution is -0.129. The number of benzene rings is 2. The monoisotopic (exact) mass is 469 g/mol. The van der Waals surface area contributed by atoms with E-state index < -0.39 is 0 Å². The zero-order chi connectivity index (χ0) is 22.5. The molecule has 0 bridgehead atoms. The number of hydrogen-bond acceptors (Lipinski definition) is 5. The first-order valence-electron chi connectivity index (χ1n) is 10.5. The maximum atomic E-state index is 12.8. The molecule has 7 nitrogen and oxygen atoms in total. The number of carbonyl (C=O) groups is 2. The summed E-state index contributed by atoms with van der Waals surface area (Å²) in [4.78, 5) is 29.0. The topological polar surface area (TPSA) is 71.3 Å². The molecule has 2 aromatic carbocycles. The number of piperazine rings is 1. The first-order valence-corrected chi connectivity index (χ1v) is 11.9. The fraction of sp³-hybridized carbons (Fsp3) is 0.304. The van der Waals surface area contributed by atoms with Gasteiger partial charge in [0, 0.05) is 36.8 Å². The van der Waals surface area contributed by atoms with Gasteiger partial charge >= 0.3 is 0 Å². The first-order chi connectivity index (χ1) is 15.6. The second-order valence-electron chi connectivity index (χ2n) is 7.43. The van der Waals surface area contributed by atoms with Crippen molar-refractivity contribution in [3.05, 3.63) is 71.0 Å². The third kappa shape index (κ3) is 4.97. The Morgan fingerprint density at radius 2 is 1.69 bits per heavy atom. The molecule has 3 aromatic rings. The summed E-state index contributed by atoms with van der Waals surface area (Å²) in [6.07, 6.45) is 2.58. The molecule has 2 heterocycles. The maximum absolute atomic E-state index is 12.8. The molecular weight excluding hydrogens is 446 g/mol. The third-order valence-electron chi connectivity index (χ3n) is 5.48. The highest BCUT2D eigenvalue weighted by Gasteiger charge is 2.25. The molecule has 0 N–H and O–H groups in total. The van der Waals surface area contributed by atoms with Gasteiger partial charge in [-0.05, 0) is 42.3 Å². The highest BCUT2D eigenvalue weighted by Crippen LogP contribution is 2.23. The van der Waals surface area contributed by atoms with Crippen molar-refractivity contribution in [2.45, 2.75) is 18.5 Å². The van der Waals surface area contributed by atoms with Crippen molar-refractivity contribution in [2.24, 2.45) is 0 Å². The molecular formula is C23H24ClN5O2S. The van der Waals surface area contributed by atoms with Gasteiger partial charge in [0.25, 0.3) is 5.91 Å². The minimum absolute atomic E-state index is 0.0342. The molecule has 1 saturated heterocycles. The largest absolute Gasteiger partial charge is 0.338 e. The summed E-state index contributed by atoms with van der Waals surface area (Å²) in [5, 5.41) is 9.54. The third-order valence-corrected chi connectivity index (χ3v) is 6.66. The molecule has 9 heteroatoms. The Balaban J connectivity index is 1.32. The summed E-state index contributed by atoms with van der Waals surface area (Å²) in [7, 11) is 0. The van der Waals surface area contributed by atoms with Gasteiger partial charge in [-0.1, -0.05) is 48.5 Å². The Kier molecular flexibility index (Phi) is 7.12. The summed E-state index contributed by atoms with van der Waals surface area (Å²) in [6, 6.07) is 15.0. The molecule has 1 aromatic heterocycles. The number of amides is 2. The van der Waals surface area contributed by atoms with Gasteiger partial charge in [0.1, 0.15) is 6.33 Å². The van der Waals surface area contributed by atoms with Gasteiger partial charge in [-0.25, -0.2) is 0 Å². The standard InChI is InChI=1S/C23H24ClN5O2S/c1-2-17-5-3-4-6-20(17)29-16-25-26-23(29)32-15-21(30)27-11-13-28(14-12-27)22(31)18-7-9-19(24)10-8-18/h3-10,16H,2,11-15H2,1H3. The van der Waals surface area contributed by atoms with Crippen molar-refractivity contribution in [1.29, 1.82) is 0 Å². The average Bonchev–Trinajstić information content (AvgIpc) is 3.31.